The van der Waals surface area contributed by atoms with Crippen molar-refractivity contribution in [1.82, 2.24) is 13.9 Å². The molecule has 4 rings (SSSR count). The Morgan fingerprint density at radius 2 is 1.74 bits per heavy atom. The van der Waals surface area contributed by atoms with Gasteiger partial charge < -0.3 is 9.47 Å². The minimum absolute atomic E-state index is 0.0434. The Morgan fingerprint density at radius 3 is 2.48 bits per heavy atom. The Kier molecular flexibility index (Phi) is 4.17. The molecule has 0 aliphatic carbocycles. The van der Waals surface area contributed by atoms with Crippen molar-refractivity contribution in [3.8, 4) is 11.5 Å². The molecule has 0 atom stereocenters. The summed E-state index contributed by atoms with van der Waals surface area (Å²) in [5, 5.41) is 0.0434. The third-order valence-corrected chi connectivity index (χ3v) is 6.38. The van der Waals surface area contributed by atoms with Crippen molar-refractivity contribution in [1.29, 1.82) is 0 Å². The number of rotatable bonds is 4. The first kappa shape index (κ1) is 17.9. The second-order valence-electron chi connectivity index (χ2n) is 6.18. The van der Waals surface area contributed by atoms with Crippen LogP contribution in [-0.2, 0) is 30.7 Å². The van der Waals surface area contributed by atoms with Crippen LogP contribution in [0.15, 0.2) is 40.0 Å². The van der Waals surface area contributed by atoms with Crippen LogP contribution in [0.2, 0.25) is 5.02 Å². The molecule has 1 aliphatic rings. The van der Waals surface area contributed by atoms with Gasteiger partial charge >= 0.3 is 5.69 Å². The van der Waals surface area contributed by atoms with Gasteiger partial charge in [-0.25, -0.2) is 17.9 Å². The molecule has 27 heavy (non-hydrogen) atoms. The van der Waals surface area contributed by atoms with E-state index in [0.29, 0.717) is 28.1 Å². The molecule has 142 valence electrons. The SMILES string of the molecule is Cn1c(=O)n(C)c2cc(S(=O)(=O)NCc3ccc4c(c3)OCO4)c(Cl)cc21. The summed E-state index contributed by atoms with van der Waals surface area (Å²) in [5.41, 5.74) is 1.49. The molecule has 8 nitrogen and oxygen atoms in total. The van der Waals surface area contributed by atoms with Crippen LogP contribution in [0.5, 0.6) is 11.5 Å². The zero-order chi connectivity index (χ0) is 19.3. The van der Waals surface area contributed by atoms with Crippen molar-refractivity contribution < 1.29 is 17.9 Å². The van der Waals surface area contributed by atoms with E-state index in [9.17, 15) is 13.2 Å². The number of imidazole rings is 1. The first-order chi connectivity index (χ1) is 12.8. The normalized spacial score (nSPS) is 13.4. The van der Waals surface area contributed by atoms with Gasteiger partial charge in [0.1, 0.15) is 4.90 Å². The molecule has 0 saturated carbocycles. The number of nitrogens with zero attached hydrogens (tertiary/aromatic N) is 2. The van der Waals surface area contributed by atoms with Crippen molar-refractivity contribution >= 4 is 32.7 Å². The van der Waals surface area contributed by atoms with Crippen molar-refractivity contribution in [3.05, 3.63) is 51.4 Å². The van der Waals surface area contributed by atoms with Crippen LogP contribution >= 0.6 is 11.6 Å². The van der Waals surface area contributed by atoms with E-state index in [1.165, 1.54) is 21.3 Å². The molecule has 1 aromatic heterocycles. The number of nitrogens with one attached hydrogen (secondary N) is 1. The minimum atomic E-state index is -3.89. The highest BCUT2D eigenvalue weighted by molar-refractivity contribution is 7.89. The lowest BCUT2D eigenvalue weighted by molar-refractivity contribution is 0.174. The minimum Gasteiger partial charge on any atom is -0.454 e. The van der Waals surface area contributed by atoms with E-state index < -0.39 is 10.0 Å². The fourth-order valence-corrected chi connectivity index (χ4v) is 4.57. The van der Waals surface area contributed by atoms with Crippen molar-refractivity contribution in [2.24, 2.45) is 14.1 Å². The average Bonchev–Trinajstić information content (AvgIpc) is 3.18. The summed E-state index contributed by atoms with van der Waals surface area (Å²) in [6, 6.07) is 8.08. The standard InChI is InChI=1S/C17H16ClN3O5S/c1-20-12-6-11(18)16(7-13(12)21(2)17(20)22)27(23,24)19-8-10-3-4-14-15(5-10)26-9-25-14/h3-7,19H,8-9H2,1-2H3. The molecule has 2 heterocycles. The summed E-state index contributed by atoms with van der Waals surface area (Å²) >= 11 is 6.20. The van der Waals surface area contributed by atoms with E-state index in [2.05, 4.69) is 4.72 Å². The third-order valence-electron chi connectivity index (χ3n) is 4.52. The molecule has 0 radical (unpaired) electrons. The van der Waals surface area contributed by atoms with E-state index >= 15 is 0 Å². The number of ether oxygens (including phenoxy) is 2. The molecule has 0 bridgehead atoms. The van der Waals surface area contributed by atoms with Crippen LogP contribution < -0.4 is 19.9 Å². The fraction of sp³-hybridized carbons (Fsp3) is 0.235. The molecule has 0 spiro atoms. The van der Waals surface area contributed by atoms with Crippen molar-refractivity contribution in [2.45, 2.75) is 11.4 Å². The average molecular weight is 410 g/mol. The zero-order valence-electron chi connectivity index (χ0n) is 14.5. The quantitative estimate of drug-likeness (QED) is 0.708. The third kappa shape index (κ3) is 2.97. The van der Waals surface area contributed by atoms with Gasteiger partial charge in [0, 0.05) is 20.6 Å². The number of benzene rings is 2. The van der Waals surface area contributed by atoms with Gasteiger partial charge in [0.05, 0.1) is 16.1 Å². The maximum Gasteiger partial charge on any atom is 0.328 e. The lowest BCUT2D eigenvalue weighted by Crippen LogP contribution is -2.23. The van der Waals surface area contributed by atoms with Crippen LogP contribution in [-0.4, -0.2) is 24.3 Å². The van der Waals surface area contributed by atoms with Gasteiger partial charge in [0.2, 0.25) is 16.8 Å². The van der Waals surface area contributed by atoms with E-state index in [0.717, 1.165) is 0 Å². The molecule has 10 heteroatoms. The number of aromatic nitrogens is 2. The molecule has 0 saturated heterocycles. The summed E-state index contributed by atoms with van der Waals surface area (Å²) in [4.78, 5) is 12.0. The highest BCUT2D eigenvalue weighted by Gasteiger charge is 2.22. The Bertz CT molecular complexity index is 1230. The van der Waals surface area contributed by atoms with Gasteiger partial charge in [-0.3, -0.25) is 9.13 Å². The van der Waals surface area contributed by atoms with E-state index in [1.807, 2.05) is 0 Å². The maximum absolute atomic E-state index is 12.8. The summed E-state index contributed by atoms with van der Waals surface area (Å²) in [6.45, 7) is 0.205. The van der Waals surface area contributed by atoms with E-state index in [4.69, 9.17) is 21.1 Å². The van der Waals surface area contributed by atoms with Crippen LogP contribution in [0.3, 0.4) is 0 Å². The van der Waals surface area contributed by atoms with Crippen molar-refractivity contribution in [3.63, 3.8) is 0 Å². The summed E-state index contributed by atoms with van der Waals surface area (Å²) in [7, 11) is -0.711. The molecule has 1 aliphatic heterocycles. The Labute approximate surface area is 159 Å². The van der Waals surface area contributed by atoms with Crippen LogP contribution in [0.25, 0.3) is 11.0 Å². The maximum atomic E-state index is 12.8. The second-order valence-corrected chi connectivity index (χ2v) is 8.33. The molecular weight excluding hydrogens is 394 g/mol. The van der Waals surface area contributed by atoms with Gasteiger partial charge in [0.25, 0.3) is 0 Å². The van der Waals surface area contributed by atoms with Gasteiger partial charge in [-0.15, -0.1) is 0 Å². The second kappa shape index (κ2) is 6.29. The Hall–Kier alpha value is -2.49. The Morgan fingerprint density at radius 1 is 1.07 bits per heavy atom. The number of fused-ring (bicyclic) bond motifs is 2. The zero-order valence-corrected chi connectivity index (χ0v) is 16.1. The largest absolute Gasteiger partial charge is 0.454 e. The predicted molar refractivity (Wildman–Crippen MR) is 99.8 cm³/mol. The monoisotopic (exact) mass is 409 g/mol. The molecule has 2 aromatic carbocycles. The Balaban J connectivity index is 1.66. The number of hydrogen-bond donors (Lipinski definition) is 1. The molecule has 3 aromatic rings. The smallest absolute Gasteiger partial charge is 0.328 e. The summed E-state index contributed by atoms with van der Waals surface area (Å²) < 4.78 is 41.4. The van der Waals surface area contributed by atoms with Gasteiger partial charge in [-0.05, 0) is 29.8 Å². The van der Waals surface area contributed by atoms with Crippen molar-refractivity contribution in [2.75, 3.05) is 6.79 Å². The van der Waals surface area contributed by atoms with E-state index in [1.54, 1.807) is 32.3 Å². The number of aryl methyl sites for hydroxylation is 2. The number of halogens is 1. The van der Waals surface area contributed by atoms with Crippen LogP contribution in [0, 0.1) is 0 Å². The highest BCUT2D eigenvalue weighted by Crippen LogP contribution is 2.32. The lowest BCUT2D eigenvalue weighted by atomic mass is 10.2. The van der Waals surface area contributed by atoms with Gasteiger partial charge in [-0.2, -0.15) is 0 Å². The molecule has 0 amide bonds. The lowest BCUT2D eigenvalue weighted by Gasteiger charge is -2.10. The molecule has 0 unspecified atom stereocenters. The van der Waals surface area contributed by atoms with Gasteiger partial charge in [-0.1, -0.05) is 17.7 Å². The topological polar surface area (TPSA) is 91.6 Å². The van der Waals surface area contributed by atoms with E-state index in [-0.39, 0.29) is 28.9 Å². The van der Waals surface area contributed by atoms with Gasteiger partial charge in [0.15, 0.2) is 11.5 Å². The summed E-state index contributed by atoms with van der Waals surface area (Å²) in [5.74, 6) is 1.20. The molecule has 0 fully saturated rings. The summed E-state index contributed by atoms with van der Waals surface area (Å²) in [6.07, 6.45) is 0. The molecular formula is C17H16ClN3O5S. The predicted octanol–water partition coefficient (Wildman–Crippen LogP) is 1.74. The number of sulfonamides is 1. The first-order valence-electron chi connectivity index (χ1n) is 8.01. The fourth-order valence-electron chi connectivity index (χ4n) is 3.01. The van der Waals surface area contributed by atoms with Crippen LogP contribution in [0.1, 0.15) is 5.56 Å². The molecule has 1 N–H and O–H groups in total. The van der Waals surface area contributed by atoms with Crippen LogP contribution in [0.4, 0.5) is 0 Å². The highest BCUT2D eigenvalue weighted by atomic mass is 35.5. The number of hydrogen-bond acceptors (Lipinski definition) is 5. The first-order valence-corrected chi connectivity index (χ1v) is 9.87.